The number of hydrogen-bond acceptors (Lipinski definition) is 6. The van der Waals surface area contributed by atoms with E-state index in [9.17, 15) is 14.0 Å². The smallest absolute Gasteiger partial charge is 0.409 e. The fourth-order valence-electron chi connectivity index (χ4n) is 5.04. The summed E-state index contributed by atoms with van der Waals surface area (Å²) in [5.41, 5.74) is 2.17. The number of amides is 1. The van der Waals surface area contributed by atoms with Crippen molar-refractivity contribution in [3.8, 4) is 0 Å². The van der Waals surface area contributed by atoms with Gasteiger partial charge in [-0.1, -0.05) is 12.1 Å². The molecule has 7 nitrogen and oxygen atoms in total. The Kier molecular flexibility index (Phi) is 6.65. The molecule has 1 aliphatic heterocycles. The van der Waals surface area contributed by atoms with Crippen LogP contribution in [0.1, 0.15) is 29.3 Å². The predicted octanol–water partition coefficient (Wildman–Crippen LogP) is 3.47. The highest BCUT2D eigenvalue weighted by Gasteiger charge is 2.31. The molecule has 5 rings (SSSR count). The van der Waals surface area contributed by atoms with Gasteiger partial charge in [0.05, 0.1) is 18.3 Å². The topological polar surface area (TPSA) is 67.7 Å². The van der Waals surface area contributed by atoms with Gasteiger partial charge in [0.25, 0.3) is 5.56 Å². The van der Waals surface area contributed by atoms with Crippen molar-refractivity contribution in [3.63, 3.8) is 0 Å². The molecule has 2 aromatic heterocycles. The van der Waals surface area contributed by atoms with Crippen LogP contribution in [0.2, 0.25) is 0 Å². The summed E-state index contributed by atoms with van der Waals surface area (Å²) in [7, 11) is 0. The molecule has 3 aromatic rings. The number of aryl methyl sites for hydroxylation is 3. The summed E-state index contributed by atoms with van der Waals surface area (Å²) in [5, 5.41) is 0.771. The van der Waals surface area contributed by atoms with Gasteiger partial charge in [0.1, 0.15) is 10.6 Å². The van der Waals surface area contributed by atoms with Crippen molar-refractivity contribution in [3.05, 3.63) is 62.8 Å². The Labute approximate surface area is 201 Å². The molecule has 180 valence electrons. The number of piperazine rings is 1. The van der Waals surface area contributed by atoms with E-state index in [0.717, 1.165) is 53.7 Å². The second-order valence-corrected chi connectivity index (χ2v) is 10.0. The molecular weight excluding hydrogens is 455 g/mol. The van der Waals surface area contributed by atoms with Crippen LogP contribution < -0.4 is 5.56 Å². The maximum Gasteiger partial charge on any atom is 0.409 e. The molecule has 2 aliphatic rings. The molecule has 0 radical (unpaired) electrons. The first kappa shape index (κ1) is 23.0. The van der Waals surface area contributed by atoms with Crippen molar-refractivity contribution >= 4 is 27.6 Å². The summed E-state index contributed by atoms with van der Waals surface area (Å²) in [6.45, 7) is 5.82. The van der Waals surface area contributed by atoms with Crippen LogP contribution in [-0.2, 0) is 30.5 Å². The monoisotopic (exact) mass is 484 g/mol. The van der Waals surface area contributed by atoms with E-state index >= 15 is 0 Å². The predicted molar refractivity (Wildman–Crippen MR) is 130 cm³/mol. The molecule has 0 unspecified atom stereocenters. The Bertz CT molecular complexity index is 1230. The summed E-state index contributed by atoms with van der Waals surface area (Å²) in [5.74, 6) is -0.256. The molecule has 0 bridgehead atoms. The van der Waals surface area contributed by atoms with Gasteiger partial charge < -0.3 is 9.64 Å². The van der Waals surface area contributed by atoms with Gasteiger partial charge in [-0.05, 0) is 55.9 Å². The van der Waals surface area contributed by atoms with E-state index in [-0.39, 0.29) is 17.5 Å². The van der Waals surface area contributed by atoms with Crippen molar-refractivity contribution in [1.82, 2.24) is 19.4 Å². The fourth-order valence-corrected chi connectivity index (χ4v) is 6.29. The molecule has 34 heavy (non-hydrogen) atoms. The van der Waals surface area contributed by atoms with Crippen LogP contribution in [0.25, 0.3) is 10.2 Å². The van der Waals surface area contributed by atoms with E-state index in [1.165, 1.54) is 17.0 Å². The number of benzene rings is 1. The quantitative estimate of drug-likeness (QED) is 0.555. The van der Waals surface area contributed by atoms with Gasteiger partial charge in [-0.25, -0.2) is 14.2 Å². The zero-order valence-corrected chi connectivity index (χ0v) is 20.2. The first-order valence-electron chi connectivity index (χ1n) is 11.9. The van der Waals surface area contributed by atoms with Crippen molar-refractivity contribution in [2.45, 2.75) is 45.2 Å². The van der Waals surface area contributed by atoms with E-state index in [1.54, 1.807) is 39.3 Å². The van der Waals surface area contributed by atoms with E-state index < -0.39 is 0 Å². The van der Waals surface area contributed by atoms with Crippen LogP contribution >= 0.6 is 11.3 Å². The van der Waals surface area contributed by atoms with E-state index in [2.05, 4.69) is 9.88 Å². The summed E-state index contributed by atoms with van der Waals surface area (Å²) in [6.07, 6.45) is 4.87. The number of aromatic nitrogens is 2. The number of nitrogens with zero attached hydrogens (tertiary/aromatic N) is 4. The third-order valence-corrected chi connectivity index (χ3v) is 8.08. The first-order valence-corrected chi connectivity index (χ1v) is 12.7. The second kappa shape index (κ2) is 9.84. The molecule has 0 saturated carbocycles. The Morgan fingerprint density at radius 1 is 1.21 bits per heavy atom. The summed E-state index contributed by atoms with van der Waals surface area (Å²) in [4.78, 5) is 36.2. The molecule has 1 aliphatic carbocycles. The number of carbonyl (C=O) groups is 1. The van der Waals surface area contributed by atoms with Gasteiger partial charge in [-0.15, -0.1) is 11.3 Å². The van der Waals surface area contributed by atoms with Crippen LogP contribution in [0.3, 0.4) is 0 Å². The molecular formula is C25H29FN4O3S. The van der Waals surface area contributed by atoms with Gasteiger partial charge in [-0.3, -0.25) is 14.3 Å². The minimum Gasteiger partial charge on any atom is -0.450 e. The van der Waals surface area contributed by atoms with Crippen LogP contribution in [-0.4, -0.2) is 64.3 Å². The van der Waals surface area contributed by atoms with Crippen LogP contribution in [0, 0.1) is 5.82 Å². The van der Waals surface area contributed by atoms with E-state index in [4.69, 9.17) is 4.74 Å². The number of carbonyl (C=O) groups excluding carboxylic acids is 1. The summed E-state index contributed by atoms with van der Waals surface area (Å²) in [6, 6.07) is 6.83. The minimum atomic E-state index is -0.256. The van der Waals surface area contributed by atoms with E-state index in [0.29, 0.717) is 38.7 Å². The molecule has 0 N–H and O–H groups in total. The lowest BCUT2D eigenvalue weighted by Gasteiger charge is -2.40. The lowest BCUT2D eigenvalue weighted by molar-refractivity contribution is 0.0635. The van der Waals surface area contributed by atoms with E-state index in [1.807, 2.05) is 6.92 Å². The first-order chi connectivity index (χ1) is 16.5. The highest BCUT2D eigenvalue weighted by atomic mass is 32.1. The minimum absolute atomic E-state index is 0.0195. The average Bonchev–Trinajstić information content (AvgIpc) is 3.23. The van der Waals surface area contributed by atoms with Gasteiger partial charge in [0.15, 0.2) is 0 Å². The zero-order chi connectivity index (χ0) is 23.7. The van der Waals surface area contributed by atoms with Gasteiger partial charge >= 0.3 is 6.09 Å². The molecule has 0 spiro atoms. The second-order valence-electron chi connectivity index (χ2n) is 8.92. The van der Waals surface area contributed by atoms with Crippen LogP contribution in [0.5, 0.6) is 0 Å². The Balaban J connectivity index is 1.28. The molecule has 1 aromatic carbocycles. The highest BCUT2D eigenvalue weighted by Crippen LogP contribution is 2.35. The third kappa shape index (κ3) is 4.59. The average molecular weight is 485 g/mol. The SMILES string of the molecule is CCOC(=O)N1CCN([C@@H]2CCc3c(sc4ncn(CCc5ccc(F)cc5)c(=O)c34)C2)CC1. The number of halogens is 1. The fraction of sp³-hybridized carbons (Fsp3) is 0.480. The lowest BCUT2D eigenvalue weighted by Crippen LogP contribution is -2.53. The van der Waals surface area contributed by atoms with Crippen LogP contribution in [0.4, 0.5) is 9.18 Å². The van der Waals surface area contributed by atoms with Gasteiger partial charge in [-0.2, -0.15) is 0 Å². The lowest BCUT2D eigenvalue weighted by atomic mass is 9.91. The number of rotatable bonds is 5. The normalized spacial score (nSPS) is 18.8. The number of thiophene rings is 1. The highest BCUT2D eigenvalue weighted by molar-refractivity contribution is 7.18. The van der Waals surface area contributed by atoms with Gasteiger partial charge in [0.2, 0.25) is 0 Å². The number of fused-ring (bicyclic) bond motifs is 3. The maximum absolute atomic E-state index is 13.3. The van der Waals surface area contributed by atoms with Crippen molar-refractivity contribution in [2.24, 2.45) is 0 Å². The summed E-state index contributed by atoms with van der Waals surface area (Å²) < 4.78 is 20.0. The molecule has 1 fully saturated rings. The largest absolute Gasteiger partial charge is 0.450 e. The Hall–Kier alpha value is -2.78. The zero-order valence-electron chi connectivity index (χ0n) is 19.3. The molecule has 1 amide bonds. The Morgan fingerprint density at radius 3 is 2.71 bits per heavy atom. The third-order valence-electron chi connectivity index (χ3n) is 6.92. The molecule has 9 heteroatoms. The standard InChI is InChI=1S/C25H29FN4O3S/c1-2-33-25(32)29-13-11-28(12-14-29)19-7-8-20-21(15-19)34-23-22(20)24(31)30(16-27-23)10-9-17-3-5-18(26)6-4-17/h3-6,16,19H,2,7-15H2,1H3/t19-/m1/s1. The molecule has 1 atom stereocenters. The summed E-state index contributed by atoms with van der Waals surface area (Å²) >= 11 is 1.64. The maximum atomic E-state index is 13.3. The van der Waals surface area contributed by atoms with Crippen LogP contribution in [0.15, 0.2) is 35.4 Å². The van der Waals surface area contributed by atoms with Crippen molar-refractivity contribution < 1.29 is 13.9 Å². The molecule has 1 saturated heterocycles. The number of ether oxygens (including phenoxy) is 1. The van der Waals surface area contributed by atoms with Gasteiger partial charge in [0, 0.05) is 43.6 Å². The van der Waals surface area contributed by atoms with Crippen molar-refractivity contribution in [1.29, 1.82) is 0 Å². The number of hydrogen-bond donors (Lipinski definition) is 0. The molecule has 3 heterocycles. The Morgan fingerprint density at radius 2 is 1.97 bits per heavy atom. The van der Waals surface area contributed by atoms with Crippen molar-refractivity contribution in [2.75, 3.05) is 32.8 Å².